The first kappa shape index (κ1) is 16.5. The van der Waals surface area contributed by atoms with Crippen LogP contribution in [0.3, 0.4) is 0 Å². The van der Waals surface area contributed by atoms with E-state index in [1.54, 1.807) is 6.07 Å². The number of aliphatic hydroxyl groups excluding tert-OH is 1. The van der Waals surface area contributed by atoms with Gasteiger partial charge in [-0.25, -0.2) is 12.7 Å². The maximum absolute atomic E-state index is 12.6. The summed E-state index contributed by atoms with van der Waals surface area (Å²) in [5, 5.41) is 9.29. The standard InChI is InChI=1S/C13H19BrN2O4S/c1-16(7-8-3-9(17)4-8)21(18,19)13-6-11(15)10(14)5-12(13)20-2/h5-6,8-9,17H,3-4,7,15H2,1-2H3. The van der Waals surface area contributed by atoms with Gasteiger partial charge in [0.15, 0.2) is 0 Å². The first-order valence-corrected chi connectivity index (χ1v) is 8.76. The van der Waals surface area contributed by atoms with Gasteiger partial charge in [-0.3, -0.25) is 0 Å². The van der Waals surface area contributed by atoms with Crippen LogP contribution in [-0.2, 0) is 10.0 Å². The summed E-state index contributed by atoms with van der Waals surface area (Å²) < 4.78 is 32.3. The van der Waals surface area contributed by atoms with E-state index in [1.165, 1.54) is 24.5 Å². The molecule has 1 fully saturated rings. The molecule has 1 saturated carbocycles. The first-order chi connectivity index (χ1) is 9.75. The average Bonchev–Trinajstić information content (AvgIpc) is 2.39. The first-order valence-electron chi connectivity index (χ1n) is 6.53. The number of methoxy groups -OCH3 is 1. The second kappa shape index (κ2) is 6.12. The van der Waals surface area contributed by atoms with Crippen molar-refractivity contribution in [3.63, 3.8) is 0 Å². The summed E-state index contributed by atoms with van der Waals surface area (Å²) in [5.74, 6) is 0.440. The highest BCUT2D eigenvalue weighted by molar-refractivity contribution is 9.10. The highest BCUT2D eigenvalue weighted by Gasteiger charge is 2.33. The Hall–Kier alpha value is -0.830. The van der Waals surface area contributed by atoms with Gasteiger partial charge in [-0.15, -0.1) is 0 Å². The van der Waals surface area contributed by atoms with Crippen LogP contribution in [0.5, 0.6) is 5.75 Å². The Balaban J connectivity index is 2.28. The number of nitrogen functional groups attached to an aromatic ring is 1. The highest BCUT2D eigenvalue weighted by Crippen LogP contribution is 2.35. The quantitative estimate of drug-likeness (QED) is 0.755. The molecule has 0 saturated heterocycles. The molecule has 1 aliphatic carbocycles. The molecule has 0 heterocycles. The fourth-order valence-electron chi connectivity index (χ4n) is 2.39. The lowest BCUT2D eigenvalue weighted by atomic mass is 9.82. The van der Waals surface area contributed by atoms with Crippen LogP contribution in [-0.4, -0.2) is 44.6 Å². The van der Waals surface area contributed by atoms with Crippen LogP contribution in [0.4, 0.5) is 5.69 Å². The van der Waals surface area contributed by atoms with Gasteiger partial charge >= 0.3 is 0 Å². The zero-order valence-corrected chi connectivity index (χ0v) is 14.3. The van der Waals surface area contributed by atoms with Crippen LogP contribution in [0.25, 0.3) is 0 Å². The van der Waals surface area contributed by atoms with Gasteiger partial charge < -0.3 is 15.6 Å². The average molecular weight is 379 g/mol. The molecule has 3 N–H and O–H groups in total. The lowest BCUT2D eigenvalue weighted by Crippen LogP contribution is -2.39. The minimum absolute atomic E-state index is 0.0491. The second-order valence-electron chi connectivity index (χ2n) is 5.30. The van der Waals surface area contributed by atoms with Crippen molar-refractivity contribution in [2.45, 2.75) is 23.8 Å². The van der Waals surface area contributed by atoms with Gasteiger partial charge in [-0.1, -0.05) is 0 Å². The third-order valence-corrected chi connectivity index (χ3v) is 6.23. The van der Waals surface area contributed by atoms with Gasteiger partial charge in [0, 0.05) is 23.8 Å². The summed E-state index contributed by atoms with van der Waals surface area (Å²) >= 11 is 3.25. The molecule has 21 heavy (non-hydrogen) atoms. The molecule has 6 nitrogen and oxygen atoms in total. The molecule has 0 spiro atoms. The minimum atomic E-state index is -3.68. The Bertz CT molecular complexity index is 629. The molecule has 2 rings (SSSR count). The maximum atomic E-state index is 12.6. The van der Waals surface area contributed by atoms with E-state index >= 15 is 0 Å². The molecular formula is C13H19BrN2O4S. The number of nitrogens with two attached hydrogens (primary N) is 1. The third-order valence-electron chi connectivity index (χ3n) is 3.70. The number of sulfonamides is 1. The van der Waals surface area contributed by atoms with E-state index in [9.17, 15) is 13.5 Å². The summed E-state index contributed by atoms with van der Waals surface area (Å²) in [5.41, 5.74) is 6.11. The molecule has 8 heteroatoms. The van der Waals surface area contributed by atoms with Crippen molar-refractivity contribution in [2.75, 3.05) is 26.4 Å². The number of ether oxygens (including phenoxy) is 1. The van der Waals surface area contributed by atoms with Gasteiger partial charge in [0.05, 0.1) is 13.2 Å². The SMILES string of the molecule is COc1cc(Br)c(N)cc1S(=O)(=O)N(C)CC1CC(O)C1. The molecule has 1 aromatic rings. The van der Waals surface area contributed by atoms with E-state index < -0.39 is 10.0 Å². The van der Waals surface area contributed by atoms with Gasteiger partial charge in [-0.05, 0) is 46.8 Å². The molecule has 0 atom stereocenters. The molecular weight excluding hydrogens is 360 g/mol. The highest BCUT2D eigenvalue weighted by atomic mass is 79.9. The van der Waals surface area contributed by atoms with E-state index in [1.807, 2.05) is 0 Å². The molecule has 0 bridgehead atoms. The van der Waals surface area contributed by atoms with Crippen LogP contribution in [0.2, 0.25) is 0 Å². The summed E-state index contributed by atoms with van der Waals surface area (Å²) in [4.78, 5) is 0.0491. The summed E-state index contributed by atoms with van der Waals surface area (Å²) in [6.45, 7) is 0.374. The van der Waals surface area contributed by atoms with Crippen molar-refractivity contribution in [2.24, 2.45) is 5.92 Å². The molecule has 0 unspecified atom stereocenters. The van der Waals surface area contributed by atoms with Gasteiger partial charge in [0.25, 0.3) is 0 Å². The smallest absolute Gasteiger partial charge is 0.246 e. The summed E-state index contributed by atoms with van der Waals surface area (Å²) in [6.07, 6.45) is 0.975. The van der Waals surface area contributed by atoms with E-state index in [-0.39, 0.29) is 22.7 Å². The predicted molar refractivity (Wildman–Crippen MR) is 83.7 cm³/mol. The van der Waals surface area contributed by atoms with Crippen LogP contribution in [0.15, 0.2) is 21.5 Å². The zero-order chi connectivity index (χ0) is 15.8. The zero-order valence-electron chi connectivity index (χ0n) is 11.9. The van der Waals surface area contributed by atoms with Gasteiger partial charge in [-0.2, -0.15) is 0 Å². The molecule has 0 amide bonds. The number of nitrogens with zero attached hydrogens (tertiary/aromatic N) is 1. The van der Waals surface area contributed by atoms with E-state index in [4.69, 9.17) is 10.5 Å². The Kier molecular flexibility index (Phi) is 4.82. The summed E-state index contributed by atoms with van der Waals surface area (Å²) in [7, 11) is -0.742. The lowest BCUT2D eigenvalue weighted by Gasteiger charge is -2.34. The Morgan fingerprint density at radius 2 is 2.10 bits per heavy atom. The number of aliphatic hydroxyl groups is 1. The van der Waals surface area contributed by atoms with Crippen LogP contribution >= 0.6 is 15.9 Å². The van der Waals surface area contributed by atoms with Crippen molar-refractivity contribution in [1.82, 2.24) is 4.31 Å². The normalized spacial score (nSPS) is 22.1. The monoisotopic (exact) mass is 378 g/mol. The molecule has 118 valence electrons. The number of benzene rings is 1. The minimum Gasteiger partial charge on any atom is -0.495 e. The van der Waals surface area contributed by atoms with Crippen LogP contribution in [0.1, 0.15) is 12.8 Å². The summed E-state index contributed by atoms with van der Waals surface area (Å²) in [6, 6.07) is 2.94. The lowest BCUT2D eigenvalue weighted by molar-refractivity contribution is 0.0367. The topological polar surface area (TPSA) is 92.9 Å². The molecule has 0 aliphatic heterocycles. The van der Waals surface area contributed by atoms with Crippen molar-refractivity contribution in [1.29, 1.82) is 0 Å². The predicted octanol–water partition coefficient (Wildman–Crippen LogP) is 1.43. The number of anilines is 1. The number of halogens is 1. The van der Waals surface area contributed by atoms with Gasteiger partial charge in [0.1, 0.15) is 10.6 Å². The van der Waals surface area contributed by atoms with Crippen LogP contribution in [0, 0.1) is 5.92 Å². The number of hydrogen-bond donors (Lipinski definition) is 2. The van der Waals surface area contributed by atoms with Gasteiger partial charge in [0.2, 0.25) is 10.0 Å². The second-order valence-corrected chi connectivity index (χ2v) is 8.17. The maximum Gasteiger partial charge on any atom is 0.246 e. The van der Waals surface area contributed by atoms with Crippen molar-refractivity contribution < 1.29 is 18.3 Å². The number of hydrogen-bond acceptors (Lipinski definition) is 5. The number of rotatable bonds is 5. The Labute approximate surface area is 133 Å². The fraction of sp³-hybridized carbons (Fsp3) is 0.538. The molecule has 0 radical (unpaired) electrons. The van der Waals surface area contributed by atoms with Crippen molar-refractivity contribution in [3.8, 4) is 5.75 Å². The third kappa shape index (κ3) is 3.33. The Morgan fingerprint density at radius 1 is 1.48 bits per heavy atom. The van der Waals surface area contributed by atoms with E-state index in [0.29, 0.717) is 29.5 Å². The van der Waals surface area contributed by atoms with Crippen LogP contribution < -0.4 is 10.5 Å². The molecule has 0 aromatic heterocycles. The Morgan fingerprint density at radius 3 is 2.62 bits per heavy atom. The largest absolute Gasteiger partial charge is 0.495 e. The van der Waals surface area contributed by atoms with Crippen molar-refractivity contribution in [3.05, 3.63) is 16.6 Å². The van der Waals surface area contributed by atoms with E-state index in [2.05, 4.69) is 15.9 Å². The molecule has 1 aromatic carbocycles. The fourth-order valence-corrected chi connectivity index (χ4v) is 4.13. The van der Waals surface area contributed by atoms with Crippen molar-refractivity contribution >= 4 is 31.6 Å². The van der Waals surface area contributed by atoms with E-state index in [0.717, 1.165) is 0 Å². The molecule has 1 aliphatic rings.